The molecule has 18 heavy (non-hydrogen) atoms. The highest BCUT2D eigenvalue weighted by Crippen LogP contribution is 2.09. The van der Waals surface area contributed by atoms with Crippen LogP contribution in [0, 0.1) is 0 Å². The van der Waals surface area contributed by atoms with Gasteiger partial charge in [-0.1, -0.05) is 18.1 Å². The van der Waals surface area contributed by atoms with Gasteiger partial charge in [0, 0.05) is 26.4 Å². The number of nitrogens with zero attached hydrogens (tertiary/aromatic N) is 3. The molecule has 0 atom stereocenters. The van der Waals surface area contributed by atoms with Gasteiger partial charge in [0.1, 0.15) is 5.69 Å². The largest absolute Gasteiger partial charge is 0.409 e. The summed E-state index contributed by atoms with van der Waals surface area (Å²) >= 11 is 0. The molecule has 0 aliphatic heterocycles. The third-order valence-corrected chi connectivity index (χ3v) is 2.69. The van der Waals surface area contributed by atoms with E-state index in [0.717, 1.165) is 18.7 Å². The summed E-state index contributed by atoms with van der Waals surface area (Å²) in [5.41, 5.74) is 7.07. The van der Waals surface area contributed by atoms with E-state index in [0.29, 0.717) is 18.8 Å². The second kappa shape index (κ2) is 7.62. The topological polar surface area (TPSA) is 84.0 Å². The lowest BCUT2D eigenvalue weighted by atomic mass is 10.1. The molecule has 0 aromatic carbocycles. The smallest absolute Gasteiger partial charge is 0.189 e. The molecule has 0 amide bonds. The van der Waals surface area contributed by atoms with Crippen molar-refractivity contribution >= 4 is 5.84 Å². The number of methoxy groups -OCH3 is 1. The lowest BCUT2D eigenvalue weighted by molar-refractivity contribution is 0.147. The number of aromatic nitrogens is 1. The van der Waals surface area contributed by atoms with Crippen LogP contribution in [0.2, 0.25) is 0 Å². The number of ether oxygens (including phenoxy) is 1. The molecule has 0 radical (unpaired) electrons. The molecule has 0 aliphatic rings. The van der Waals surface area contributed by atoms with Gasteiger partial charge in [-0.3, -0.25) is 9.88 Å². The number of oxime groups is 1. The van der Waals surface area contributed by atoms with Crippen LogP contribution in [0.25, 0.3) is 0 Å². The van der Waals surface area contributed by atoms with Gasteiger partial charge >= 0.3 is 0 Å². The Balaban J connectivity index is 2.82. The van der Waals surface area contributed by atoms with Crippen molar-refractivity contribution < 1.29 is 9.94 Å². The molecule has 0 spiro atoms. The molecule has 0 fully saturated rings. The van der Waals surface area contributed by atoms with Gasteiger partial charge in [0.2, 0.25) is 0 Å². The summed E-state index contributed by atoms with van der Waals surface area (Å²) in [7, 11) is 1.68. The van der Waals surface area contributed by atoms with Crippen LogP contribution >= 0.6 is 0 Å². The van der Waals surface area contributed by atoms with E-state index >= 15 is 0 Å². The first-order valence-electron chi connectivity index (χ1n) is 5.86. The molecule has 0 bridgehead atoms. The highest BCUT2D eigenvalue weighted by atomic mass is 16.5. The molecule has 0 unspecified atom stereocenters. The van der Waals surface area contributed by atoms with Gasteiger partial charge in [0.05, 0.1) is 6.61 Å². The average Bonchev–Trinajstić information content (AvgIpc) is 2.43. The van der Waals surface area contributed by atoms with Crippen LogP contribution in [0.1, 0.15) is 18.2 Å². The van der Waals surface area contributed by atoms with E-state index in [1.807, 2.05) is 12.1 Å². The van der Waals surface area contributed by atoms with Gasteiger partial charge in [-0.05, 0) is 18.2 Å². The third kappa shape index (κ3) is 3.97. The van der Waals surface area contributed by atoms with E-state index < -0.39 is 0 Å². The van der Waals surface area contributed by atoms with E-state index in [9.17, 15) is 0 Å². The summed E-state index contributed by atoms with van der Waals surface area (Å²) in [6, 6.07) is 3.77. The van der Waals surface area contributed by atoms with Crippen molar-refractivity contribution in [2.75, 3.05) is 26.8 Å². The van der Waals surface area contributed by atoms with E-state index in [1.54, 1.807) is 13.3 Å². The molecule has 6 nitrogen and oxygen atoms in total. The van der Waals surface area contributed by atoms with Gasteiger partial charge in [-0.15, -0.1) is 0 Å². The molecule has 3 N–H and O–H groups in total. The lowest BCUT2D eigenvalue weighted by Crippen LogP contribution is -2.28. The molecule has 6 heteroatoms. The van der Waals surface area contributed by atoms with Crippen molar-refractivity contribution in [1.82, 2.24) is 9.88 Å². The molecule has 0 aliphatic carbocycles. The predicted octanol–water partition coefficient (Wildman–Crippen LogP) is 0.644. The fourth-order valence-corrected chi connectivity index (χ4v) is 1.65. The fraction of sp³-hybridized carbons (Fsp3) is 0.500. The SMILES string of the molecule is CCN(CCOC)Cc1cccnc1C(N)=NO. The number of hydrogen-bond donors (Lipinski definition) is 2. The quantitative estimate of drug-likeness (QED) is 0.322. The highest BCUT2D eigenvalue weighted by molar-refractivity contribution is 5.96. The number of nitrogens with two attached hydrogens (primary N) is 1. The Hall–Kier alpha value is -1.66. The first kappa shape index (κ1) is 14.4. The molecule has 1 rings (SSSR count). The Morgan fingerprint density at radius 2 is 2.39 bits per heavy atom. The van der Waals surface area contributed by atoms with E-state index in [2.05, 4.69) is 22.0 Å². The average molecular weight is 252 g/mol. The maximum atomic E-state index is 8.73. The van der Waals surface area contributed by atoms with Crippen LogP contribution < -0.4 is 5.73 Å². The zero-order valence-electron chi connectivity index (χ0n) is 10.8. The third-order valence-electron chi connectivity index (χ3n) is 2.69. The van der Waals surface area contributed by atoms with Gasteiger partial charge in [0.15, 0.2) is 5.84 Å². The lowest BCUT2D eigenvalue weighted by Gasteiger charge is -2.20. The van der Waals surface area contributed by atoms with Gasteiger partial charge in [-0.2, -0.15) is 0 Å². The standard InChI is InChI=1S/C12H20N4O2/c1-3-16(7-8-18-2)9-10-5-4-6-14-11(10)12(13)15-17/h4-6,17H,3,7-9H2,1-2H3,(H2,13,15). The second-order valence-corrected chi connectivity index (χ2v) is 3.86. The van der Waals surface area contributed by atoms with Crippen LogP contribution in [0.4, 0.5) is 0 Å². The van der Waals surface area contributed by atoms with Crippen LogP contribution in [-0.2, 0) is 11.3 Å². The van der Waals surface area contributed by atoms with Gasteiger partial charge in [0.25, 0.3) is 0 Å². The molecule has 0 saturated heterocycles. The molecular weight excluding hydrogens is 232 g/mol. The van der Waals surface area contributed by atoms with Gasteiger partial charge in [-0.25, -0.2) is 0 Å². The zero-order chi connectivity index (χ0) is 13.4. The van der Waals surface area contributed by atoms with Gasteiger partial charge < -0.3 is 15.7 Å². The van der Waals surface area contributed by atoms with Crippen LogP contribution in [0.5, 0.6) is 0 Å². The molecular formula is C12H20N4O2. The van der Waals surface area contributed by atoms with Crippen molar-refractivity contribution in [3.05, 3.63) is 29.6 Å². The first-order chi connectivity index (χ1) is 8.72. The minimum Gasteiger partial charge on any atom is -0.409 e. The van der Waals surface area contributed by atoms with Crippen molar-refractivity contribution in [2.24, 2.45) is 10.9 Å². The predicted molar refractivity (Wildman–Crippen MR) is 69.6 cm³/mol. The number of amidine groups is 1. The minimum atomic E-state index is 0.0356. The summed E-state index contributed by atoms with van der Waals surface area (Å²) < 4.78 is 5.07. The number of rotatable bonds is 7. The first-order valence-corrected chi connectivity index (χ1v) is 5.86. The van der Waals surface area contributed by atoms with E-state index in [-0.39, 0.29) is 5.84 Å². The molecule has 0 saturated carbocycles. The Labute approximate surface area is 107 Å². The molecule has 1 aromatic heterocycles. The van der Waals surface area contributed by atoms with Crippen molar-refractivity contribution in [3.8, 4) is 0 Å². The summed E-state index contributed by atoms with van der Waals surface area (Å²) in [5.74, 6) is 0.0356. The Morgan fingerprint density at radius 3 is 3.00 bits per heavy atom. The van der Waals surface area contributed by atoms with Crippen molar-refractivity contribution in [1.29, 1.82) is 0 Å². The number of hydrogen-bond acceptors (Lipinski definition) is 5. The molecule has 1 aromatic rings. The summed E-state index contributed by atoms with van der Waals surface area (Å²) in [6.07, 6.45) is 1.63. The maximum absolute atomic E-state index is 8.73. The minimum absolute atomic E-state index is 0.0356. The molecule has 100 valence electrons. The van der Waals surface area contributed by atoms with Crippen LogP contribution in [-0.4, -0.2) is 47.7 Å². The normalized spacial score (nSPS) is 12.1. The second-order valence-electron chi connectivity index (χ2n) is 3.86. The zero-order valence-corrected chi connectivity index (χ0v) is 10.8. The monoisotopic (exact) mass is 252 g/mol. The molecule has 1 heterocycles. The Kier molecular flexibility index (Phi) is 6.10. The summed E-state index contributed by atoms with van der Waals surface area (Å²) in [4.78, 5) is 6.35. The summed E-state index contributed by atoms with van der Waals surface area (Å²) in [5, 5.41) is 11.7. The fourth-order valence-electron chi connectivity index (χ4n) is 1.65. The number of pyridine rings is 1. The Bertz CT molecular complexity index is 395. The Morgan fingerprint density at radius 1 is 1.61 bits per heavy atom. The number of likely N-dealkylation sites (N-methyl/N-ethyl adjacent to an activating group) is 1. The van der Waals surface area contributed by atoms with Crippen LogP contribution in [0.15, 0.2) is 23.5 Å². The summed E-state index contributed by atoms with van der Waals surface area (Å²) in [6.45, 7) is 5.17. The van der Waals surface area contributed by atoms with Crippen molar-refractivity contribution in [3.63, 3.8) is 0 Å². The maximum Gasteiger partial charge on any atom is 0.189 e. The van der Waals surface area contributed by atoms with E-state index in [1.165, 1.54) is 0 Å². The van der Waals surface area contributed by atoms with E-state index in [4.69, 9.17) is 15.7 Å². The highest BCUT2D eigenvalue weighted by Gasteiger charge is 2.11. The van der Waals surface area contributed by atoms with Crippen LogP contribution in [0.3, 0.4) is 0 Å². The van der Waals surface area contributed by atoms with Crippen molar-refractivity contribution in [2.45, 2.75) is 13.5 Å².